The summed E-state index contributed by atoms with van der Waals surface area (Å²) < 4.78 is 5.44. The van der Waals surface area contributed by atoms with Crippen molar-refractivity contribution in [3.63, 3.8) is 0 Å². The van der Waals surface area contributed by atoms with Crippen LogP contribution in [0.1, 0.15) is 54.7 Å². The van der Waals surface area contributed by atoms with Crippen molar-refractivity contribution in [3.8, 4) is 6.07 Å². The zero-order valence-electron chi connectivity index (χ0n) is 21.4. The molecule has 0 radical (unpaired) electrons. The molecule has 1 aliphatic rings. The number of nitro benzene ring substituents is 1. The van der Waals surface area contributed by atoms with E-state index in [1.807, 2.05) is 6.07 Å². The van der Waals surface area contributed by atoms with Crippen LogP contribution in [0.3, 0.4) is 0 Å². The summed E-state index contributed by atoms with van der Waals surface area (Å²) in [5.41, 5.74) is 1.49. The Balaban J connectivity index is 1.75. The molecule has 0 bridgehead atoms. The zero-order chi connectivity index (χ0) is 27.8. The Hall–Kier alpha value is -4.43. The first kappa shape index (κ1) is 28.1. The molecule has 2 aromatic rings. The van der Waals surface area contributed by atoms with E-state index < -0.39 is 35.0 Å². The highest BCUT2D eigenvalue weighted by Crippen LogP contribution is 2.36. The molecule has 1 aliphatic heterocycles. The summed E-state index contributed by atoms with van der Waals surface area (Å²) in [6.45, 7) is 5.63. The highest BCUT2D eigenvalue weighted by Gasteiger charge is 2.43. The number of carbonyl (C=O) groups excluding carboxylic acids is 3. The van der Waals surface area contributed by atoms with Crippen LogP contribution in [0.5, 0.6) is 0 Å². The van der Waals surface area contributed by atoms with Crippen molar-refractivity contribution >= 4 is 29.2 Å². The fraction of sp³-hybridized carbons (Fsp3) is 0.370. The van der Waals surface area contributed by atoms with Crippen molar-refractivity contribution in [2.75, 3.05) is 19.6 Å². The molecule has 1 N–H and O–H groups in total. The SMILES string of the molecule is CC1=NC(=O)N(CCCNCC(=O)c2ccc(C#N)cc2)C(c2cccc([N+](=O)[O-])c2)C1C(=O)OC(C)C. The maximum atomic E-state index is 13.1. The Morgan fingerprint density at radius 1 is 1.24 bits per heavy atom. The fourth-order valence-corrected chi connectivity index (χ4v) is 4.26. The molecule has 11 nitrogen and oxygen atoms in total. The predicted molar refractivity (Wildman–Crippen MR) is 139 cm³/mol. The van der Waals surface area contributed by atoms with Crippen molar-refractivity contribution in [1.29, 1.82) is 5.26 Å². The highest BCUT2D eigenvalue weighted by atomic mass is 16.6. The molecule has 0 fully saturated rings. The third kappa shape index (κ3) is 6.86. The lowest BCUT2D eigenvalue weighted by Gasteiger charge is -2.38. The number of aliphatic imine (C=N–C) groups is 1. The van der Waals surface area contributed by atoms with Crippen molar-refractivity contribution in [2.24, 2.45) is 10.9 Å². The number of nitriles is 1. The van der Waals surface area contributed by atoms with Gasteiger partial charge in [0.2, 0.25) is 0 Å². The molecule has 2 amide bonds. The Morgan fingerprint density at radius 2 is 1.95 bits per heavy atom. The minimum atomic E-state index is -0.928. The smallest absolute Gasteiger partial charge is 0.344 e. The van der Waals surface area contributed by atoms with Crippen LogP contribution in [-0.4, -0.2) is 59.1 Å². The van der Waals surface area contributed by atoms with Gasteiger partial charge in [-0.05, 0) is 51.4 Å². The number of rotatable bonds is 11. The Labute approximate surface area is 220 Å². The van der Waals surface area contributed by atoms with Crippen LogP contribution in [-0.2, 0) is 9.53 Å². The lowest BCUT2D eigenvalue weighted by atomic mass is 9.86. The number of ether oxygens (including phenoxy) is 1. The zero-order valence-corrected chi connectivity index (χ0v) is 21.4. The summed E-state index contributed by atoms with van der Waals surface area (Å²) >= 11 is 0. The lowest BCUT2D eigenvalue weighted by Crippen LogP contribution is -2.48. The summed E-state index contributed by atoms with van der Waals surface area (Å²) in [4.78, 5) is 54.8. The van der Waals surface area contributed by atoms with Crippen LogP contribution in [0.25, 0.3) is 0 Å². The number of hydrogen-bond donors (Lipinski definition) is 1. The molecule has 11 heteroatoms. The molecule has 0 aromatic heterocycles. The second-order valence-corrected chi connectivity index (χ2v) is 9.13. The highest BCUT2D eigenvalue weighted by molar-refractivity contribution is 6.08. The Kier molecular flexibility index (Phi) is 9.40. The molecular weight excluding hydrogens is 490 g/mol. The molecule has 2 aromatic carbocycles. The van der Waals surface area contributed by atoms with Crippen molar-refractivity contribution in [3.05, 3.63) is 75.3 Å². The van der Waals surface area contributed by atoms with E-state index in [0.717, 1.165) is 0 Å². The largest absolute Gasteiger partial charge is 0.462 e. The average molecular weight is 520 g/mol. The van der Waals surface area contributed by atoms with Gasteiger partial charge in [0, 0.05) is 30.0 Å². The third-order valence-corrected chi connectivity index (χ3v) is 6.02. The number of nitrogens with zero attached hydrogens (tertiary/aromatic N) is 4. The van der Waals surface area contributed by atoms with Gasteiger partial charge in [-0.25, -0.2) is 9.79 Å². The standard InChI is InChI=1S/C27H29N5O6/c1-17(2)38-26(34)24-18(3)30-27(35)31(25(24)21-6-4-7-22(14-21)32(36)37)13-5-12-29-16-23(33)20-10-8-19(15-28)9-11-20/h4,6-11,14,17,24-25,29H,5,12-13,16H2,1-3H3. The first-order valence-corrected chi connectivity index (χ1v) is 12.2. The topological polar surface area (TPSA) is 155 Å². The summed E-state index contributed by atoms with van der Waals surface area (Å²) in [6.07, 6.45) is 0.0307. The van der Waals surface area contributed by atoms with E-state index in [9.17, 15) is 24.5 Å². The summed E-state index contributed by atoms with van der Waals surface area (Å²) in [7, 11) is 0. The predicted octanol–water partition coefficient (Wildman–Crippen LogP) is 3.83. The van der Waals surface area contributed by atoms with E-state index in [-0.39, 0.29) is 30.3 Å². The van der Waals surface area contributed by atoms with Gasteiger partial charge in [0.25, 0.3) is 5.69 Å². The number of non-ortho nitro benzene ring substituents is 1. The van der Waals surface area contributed by atoms with Gasteiger partial charge in [0.05, 0.1) is 35.2 Å². The van der Waals surface area contributed by atoms with Gasteiger partial charge in [-0.15, -0.1) is 0 Å². The second kappa shape index (κ2) is 12.7. The normalized spacial score (nSPS) is 17.1. The molecule has 2 atom stereocenters. The maximum absolute atomic E-state index is 13.1. The molecular formula is C27H29N5O6. The number of Topliss-reactive ketones (excluding diaryl/α,β-unsaturated/α-hetero) is 1. The third-order valence-electron chi connectivity index (χ3n) is 6.02. The molecule has 0 aliphatic carbocycles. The molecule has 3 rings (SSSR count). The van der Waals surface area contributed by atoms with Crippen molar-refractivity contribution in [1.82, 2.24) is 10.2 Å². The maximum Gasteiger partial charge on any atom is 0.344 e. The number of benzene rings is 2. The first-order chi connectivity index (χ1) is 18.1. The summed E-state index contributed by atoms with van der Waals surface area (Å²) in [5, 5.41) is 23.3. The van der Waals surface area contributed by atoms with E-state index >= 15 is 0 Å². The number of esters is 1. The number of hydrogen-bond acceptors (Lipinski definition) is 8. The van der Waals surface area contributed by atoms with Crippen LogP contribution in [0, 0.1) is 27.4 Å². The van der Waals surface area contributed by atoms with E-state index in [1.165, 1.54) is 23.1 Å². The Bertz CT molecular complexity index is 1280. The van der Waals surface area contributed by atoms with E-state index in [4.69, 9.17) is 10.00 Å². The first-order valence-electron chi connectivity index (χ1n) is 12.2. The fourth-order valence-electron chi connectivity index (χ4n) is 4.26. The molecule has 198 valence electrons. The van der Waals surface area contributed by atoms with Crippen molar-refractivity contribution in [2.45, 2.75) is 39.3 Å². The lowest BCUT2D eigenvalue weighted by molar-refractivity contribution is -0.385. The quantitative estimate of drug-likeness (QED) is 0.154. The summed E-state index contributed by atoms with van der Waals surface area (Å²) in [6, 6.07) is 12.8. The second-order valence-electron chi connectivity index (χ2n) is 9.13. The molecule has 1 heterocycles. The molecule has 2 unspecified atom stereocenters. The number of nitro groups is 1. The number of urea groups is 1. The number of ketones is 1. The number of nitrogens with one attached hydrogen (secondary N) is 1. The van der Waals surface area contributed by atoms with Crippen LogP contribution in [0.15, 0.2) is 53.5 Å². The van der Waals surface area contributed by atoms with Crippen LogP contribution >= 0.6 is 0 Å². The summed E-state index contributed by atoms with van der Waals surface area (Å²) in [5.74, 6) is -1.64. The van der Waals surface area contributed by atoms with Gasteiger partial charge < -0.3 is 15.0 Å². The van der Waals surface area contributed by atoms with Crippen molar-refractivity contribution < 1.29 is 24.0 Å². The molecule has 0 spiro atoms. The van der Waals surface area contributed by atoms with Crippen LogP contribution in [0.4, 0.5) is 10.5 Å². The molecule has 0 saturated carbocycles. The van der Waals surface area contributed by atoms with E-state index in [1.54, 1.807) is 51.1 Å². The number of carbonyl (C=O) groups is 3. The number of amides is 2. The van der Waals surface area contributed by atoms with Gasteiger partial charge in [0.15, 0.2) is 5.78 Å². The van der Waals surface area contributed by atoms with E-state index in [2.05, 4.69) is 10.3 Å². The van der Waals surface area contributed by atoms with Gasteiger partial charge in [-0.2, -0.15) is 5.26 Å². The van der Waals surface area contributed by atoms with Gasteiger partial charge >= 0.3 is 12.0 Å². The minimum Gasteiger partial charge on any atom is -0.462 e. The molecule has 0 saturated heterocycles. The van der Waals surface area contributed by atoms with Crippen LogP contribution in [0.2, 0.25) is 0 Å². The van der Waals surface area contributed by atoms with Gasteiger partial charge in [-0.3, -0.25) is 19.7 Å². The van der Waals surface area contributed by atoms with Crippen LogP contribution < -0.4 is 5.32 Å². The monoisotopic (exact) mass is 519 g/mol. The molecule has 38 heavy (non-hydrogen) atoms. The van der Waals surface area contributed by atoms with E-state index in [0.29, 0.717) is 29.7 Å². The average Bonchev–Trinajstić information content (AvgIpc) is 2.88. The van der Waals surface area contributed by atoms with Gasteiger partial charge in [0.1, 0.15) is 5.92 Å². The minimum absolute atomic E-state index is 0.0642. The van der Waals surface area contributed by atoms with Gasteiger partial charge in [-0.1, -0.05) is 24.3 Å². The Morgan fingerprint density at radius 3 is 2.58 bits per heavy atom.